The summed E-state index contributed by atoms with van der Waals surface area (Å²) in [5, 5.41) is 19.0. The third kappa shape index (κ3) is 1.48. The number of aliphatic hydroxyl groups is 1. The van der Waals surface area contributed by atoms with E-state index >= 15 is 0 Å². The predicted octanol–water partition coefficient (Wildman–Crippen LogP) is 1.18. The summed E-state index contributed by atoms with van der Waals surface area (Å²) in [7, 11) is 1.84. The Labute approximate surface area is 99.6 Å². The summed E-state index contributed by atoms with van der Waals surface area (Å²) in [4.78, 5) is 0. The molecule has 4 nitrogen and oxygen atoms in total. The average molecular weight is 242 g/mol. The Kier molecular flexibility index (Phi) is 2.28. The summed E-state index contributed by atoms with van der Waals surface area (Å²) in [6.07, 6.45) is 5.40. The van der Waals surface area contributed by atoms with E-state index < -0.39 is 5.60 Å². The van der Waals surface area contributed by atoms with Gasteiger partial charge in [-0.1, -0.05) is 11.6 Å². The first-order valence-electron chi connectivity index (χ1n) is 5.75. The number of aryl methyl sites for hydroxylation is 1. The number of rotatable bonds is 1. The summed E-state index contributed by atoms with van der Waals surface area (Å²) in [5.41, 5.74) is -0.0352. The Morgan fingerprint density at radius 1 is 1.50 bits per heavy atom. The topological polar surface area (TPSA) is 50.1 Å². The lowest BCUT2D eigenvalue weighted by Crippen LogP contribution is -2.47. The number of nitrogens with zero attached hydrogens (tertiary/aromatic N) is 2. The highest BCUT2D eigenvalue weighted by Gasteiger charge is 2.45. The van der Waals surface area contributed by atoms with Crippen LogP contribution in [0.15, 0.2) is 6.20 Å². The van der Waals surface area contributed by atoms with Crippen molar-refractivity contribution in [2.45, 2.75) is 43.4 Å². The molecular formula is C11H16ClN3O. The van der Waals surface area contributed by atoms with Crippen molar-refractivity contribution >= 4 is 11.6 Å². The maximum Gasteiger partial charge on any atom is 0.111 e. The number of piperidine rings is 1. The third-order valence-electron chi connectivity index (χ3n) is 3.84. The lowest BCUT2D eigenvalue weighted by molar-refractivity contribution is -0.0182. The van der Waals surface area contributed by atoms with E-state index in [0.717, 1.165) is 31.4 Å². The number of aromatic nitrogens is 2. The molecule has 1 aromatic rings. The van der Waals surface area contributed by atoms with Gasteiger partial charge in [0.1, 0.15) is 5.60 Å². The van der Waals surface area contributed by atoms with Gasteiger partial charge in [0.25, 0.3) is 0 Å². The lowest BCUT2D eigenvalue weighted by atomic mass is 9.84. The van der Waals surface area contributed by atoms with E-state index in [1.807, 2.05) is 7.05 Å². The third-order valence-corrected chi connectivity index (χ3v) is 4.11. The first-order chi connectivity index (χ1) is 7.58. The molecule has 2 bridgehead atoms. The van der Waals surface area contributed by atoms with Crippen LogP contribution in [0.1, 0.15) is 31.4 Å². The molecule has 16 heavy (non-hydrogen) atoms. The van der Waals surface area contributed by atoms with Gasteiger partial charge in [-0.25, -0.2) is 0 Å². The van der Waals surface area contributed by atoms with Gasteiger partial charge in [-0.15, -0.1) is 0 Å². The van der Waals surface area contributed by atoms with Gasteiger partial charge in [0.05, 0.1) is 16.9 Å². The molecule has 5 heteroatoms. The van der Waals surface area contributed by atoms with Crippen molar-refractivity contribution in [2.75, 3.05) is 0 Å². The van der Waals surface area contributed by atoms with Gasteiger partial charge in [0, 0.05) is 19.1 Å². The minimum atomic E-state index is -0.806. The van der Waals surface area contributed by atoms with Gasteiger partial charge < -0.3 is 10.4 Å². The molecule has 2 unspecified atom stereocenters. The molecule has 0 aliphatic carbocycles. The fourth-order valence-electron chi connectivity index (χ4n) is 3.25. The molecule has 0 amide bonds. The summed E-state index contributed by atoms with van der Waals surface area (Å²) in [5.74, 6) is 0. The second-order valence-electron chi connectivity index (χ2n) is 5.04. The zero-order valence-electron chi connectivity index (χ0n) is 9.28. The molecule has 2 fully saturated rings. The van der Waals surface area contributed by atoms with E-state index in [9.17, 15) is 5.11 Å². The molecule has 0 saturated carbocycles. The Morgan fingerprint density at radius 2 is 2.12 bits per heavy atom. The van der Waals surface area contributed by atoms with Gasteiger partial charge >= 0.3 is 0 Å². The smallest absolute Gasteiger partial charge is 0.111 e. The fraction of sp³-hybridized carbons (Fsp3) is 0.727. The standard InChI is InChI=1S/C11H16ClN3O/c1-15-10(9(12)6-13-15)11(16)4-7-2-3-8(5-11)14-7/h6-8,14,16H,2-5H2,1H3. The Hall–Kier alpha value is -0.580. The van der Waals surface area contributed by atoms with Crippen LogP contribution in [-0.2, 0) is 12.6 Å². The average Bonchev–Trinajstić information content (AvgIpc) is 2.71. The maximum absolute atomic E-state index is 10.8. The van der Waals surface area contributed by atoms with Crippen molar-refractivity contribution in [1.82, 2.24) is 15.1 Å². The molecule has 3 heterocycles. The molecule has 1 aromatic heterocycles. The van der Waals surface area contributed by atoms with Crippen LogP contribution in [0.2, 0.25) is 5.02 Å². The van der Waals surface area contributed by atoms with Gasteiger partial charge in [-0.3, -0.25) is 4.68 Å². The zero-order chi connectivity index (χ0) is 11.3. The molecule has 2 N–H and O–H groups in total. The monoisotopic (exact) mass is 241 g/mol. The van der Waals surface area contributed by atoms with Gasteiger partial charge in [-0.05, 0) is 25.7 Å². The molecule has 0 aromatic carbocycles. The minimum absolute atomic E-state index is 0.426. The van der Waals surface area contributed by atoms with Crippen LogP contribution in [0.3, 0.4) is 0 Å². The van der Waals surface area contributed by atoms with Crippen molar-refractivity contribution in [3.63, 3.8) is 0 Å². The first-order valence-corrected chi connectivity index (χ1v) is 6.13. The van der Waals surface area contributed by atoms with Crippen LogP contribution in [0.5, 0.6) is 0 Å². The molecule has 88 valence electrons. The second-order valence-corrected chi connectivity index (χ2v) is 5.45. The van der Waals surface area contributed by atoms with Crippen LogP contribution >= 0.6 is 11.6 Å². The van der Waals surface area contributed by atoms with Crippen LogP contribution in [0.4, 0.5) is 0 Å². The molecule has 3 rings (SSSR count). The van der Waals surface area contributed by atoms with Gasteiger partial charge in [0.2, 0.25) is 0 Å². The molecule has 2 saturated heterocycles. The molecular weight excluding hydrogens is 226 g/mol. The quantitative estimate of drug-likeness (QED) is 0.776. The highest BCUT2D eigenvalue weighted by molar-refractivity contribution is 6.31. The number of hydrogen-bond acceptors (Lipinski definition) is 3. The second kappa shape index (κ2) is 3.45. The molecule has 0 spiro atoms. The SMILES string of the molecule is Cn1ncc(Cl)c1C1(O)CC2CCC(C1)N2. The van der Waals surface area contributed by atoms with E-state index in [2.05, 4.69) is 10.4 Å². The Morgan fingerprint density at radius 3 is 2.62 bits per heavy atom. The van der Waals surface area contributed by atoms with E-state index in [1.54, 1.807) is 10.9 Å². The normalized spacial score (nSPS) is 37.9. The number of halogens is 1. The van der Waals surface area contributed by atoms with E-state index in [0.29, 0.717) is 17.1 Å². The van der Waals surface area contributed by atoms with Crippen molar-refractivity contribution in [2.24, 2.45) is 7.05 Å². The lowest BCUT2D eigenvalue weighted by Gasteiger charge is -2.37. The van der Waals surface area contributed by atoms with Crippen LogP contribution < -0.4 is 5.32 Å². The number of fused-ring (bicyclic) bond motifs is 2. The van der Waals surface area contributed by atoms with E-state index in [1.165, 1.54) is 0 Å². The predicted molar refractivity (Wildman–Crippen MR) is 61.3 cm³/mol. The summed E-state index contributed by atoms with van der Waals surface area (Å²) < 4.78 is 1.70. The molecule has 2 aliphatic heterocycles. The zero-order valence-corrected chi connectivity index (χ0v) is 10.0. The highest BCUT2D eigenvalue weighted by Crippen LogP contribution is 2.42. The highest BCUT2D eigenvalue weighted by atomic mass is 35.5. The first kappa shape index (κ1) is 10.6. The van der Waals surface area contributed by atoms with Crippen molar-refractivity contribution in [1.29, 1.82) is 0 Å². The van der Waals surface area contributed by atoms with Crippen molar-refractivity contribution in [3.8, 4) is 0 Å². The maximum atomic E-state index is 10.8. The summed E-state index contributed by atoms with van der Waals surface area (Å²) >= 11 is 6.12. The summed E-state index contributed by atoms with van der Waals surface area (Å²) in [6.45, 7) is 0. The molecule has 0 radical (unpaired) electrons. The van der Waals surface area contributed by atoms with Crippen molar-refractivity contribution < 1.29 is 5.11 Å². The van der Waals surface area contributed by atoms with E-state index in [-0.39, 0.29) is 0 Å². The molecule has 2 atom stereocenters. The van der Waals surface area contributed by atoms with Gasteiger partial charge in [0.15, 0.2) is 0 Å². The molecule has 2 aliphatic rings. The largest absolute Gasteiger partial charge is 0.383 e. The Balaban J connectivity index is 1.99. The minimum Gasteiger partial charge on any atom is -0.383 e. The van der Waals surface area contributed by atoms with Gasteiger partial charge in [-0.2, -0.15) is 5.10 Å². The fourth-order valence-corrected chi connectivity index (χ4v) is 3.59. The Bertz CT molecular complexity index is 386. The van der Waals surface area contributed by atoms with Crippen LogP contribution in [0.25, 0.3) is 0 Å². The summed E-state index contributed by atoms with van der Waals surface area (Å²) in [6, 6.07) is 0.851. The van der Waals surface area contributed by atoms with Crippen LogP contribution in [0, 0.1) is 0 Å². The number of nitrogens with one attached hydrogen (secondary N) is 1. The number of hydrogen-bond donors (Lipinski definition) is 2. The van der Waals surface area contributed by atoms with Crippen LogP contribution in [-0.4, -0.2) is 27.0 Å². The van der Waals surface area contributed by atoms with E-state index in [4.69, 9.17) is 11.6 Å². The van der Waals surface area contributed by atoms with Crippen molar-refractivity contribution in [3.05, 3.63) is 16.9 Å².